The van der Waals surface area contributed by atoms with E-state index in [1.54, 1.807) is 6.07 Å². The third-order valence-electron chi connectivity index (χ3n) is 2.22. The molecule has 0 atom stereocenters. The summed E-state index contributed by atoms with van der Waals surface area (Å²) in [6.07, 6.45) is 4.98. The van der Waals surface area contributed by atoms with Crippen LogP contribution in [0, 0.1) is 18.2 Å². The standard InChI is InChI=1S/C8H4ClF.C6H4/c1-2-6-7(9)4-3-5-8(6)10;1-2-5-4-6(5)3-1/h1,3-5H;1-4H. The Bertz CT molecular complexity index is 530. The van der Waals surface area contributed by atoms with Gasteiger partial charge in [-0.2, -0.15) is 0 Å². The quantitative estimate of drug-likeness (QED) is 0.510. The van der Waals surface area contributed by atoms with E-state index in [0.29, 0.717) is 0 Å². The van der Waals surface area contributed by atoms with E-state index < -0.39 is 5.82 Å². The molecule has 0 bridgehead atoms. The van der Waals surface area contributed by atoms with Crippen LogP contribution in [0.15, 0.2) is 42.5 Å². The van der Waals surface area contributed by atoms with Crippen LogP contribution in [0.4, 0.5) is 4.39 Å². The van der Waals surface area contributed by atoms with Gasteiger partial charge >= 0.3 is 0 Å². The second-order valence-electron chi connectivity index (χ2n) is 3.32. The molecule has 16 heavy (non-hydrogen) atoms. The average molecular weight is 231 g/mol. The molecule has 1 aromatic carbocycles. The van der Waals surface area contributed by atoms with E-state index >= 15 is 0 Å². The van der Waals surface area contributed by atoms with Gasteiger partial charge in [0.15, 0.2) is 0 Å². The summed E-state index contributed by atoms with van der Waals surface area (Å²) < 4.78 is 12.6. The lowest BCUT2D eigenvalue weighted by molar-refractivity contribution is 0.624. The first-order chi connectivity index (χ1) is 7.72. The molecule has 0 saturated carbocycles. The summed E-state index contributed by atoms with van der Waals surface area (Å²) in [6, 6.07) is 12.8. The van der Waals surface area contributed by atoms with Crippen molar-refractivity contribution in [1.29, 1.82) is 0 Å². The van der Waals surface area contributed by atoms with Crippen molar-refractivity contribution in [2.24, 2.45) is 0 Å². The summed E-state index contributed by atoms with van der Waals surface area (Å²) in [7, 11) is 0. The molecule has 0 N–H and O–H groups in total. The highest BCUT2D eigenvalue weighted by molar-refractivity contribution is 6.31. The van der Waals surface area contributed by atoms with E-state index in [0.717, 1.165) is 0 Å². The van der Waals surface area contributed by atoms with Crippen molar-refractivity contribution in [1.82, 2.24) is 0 Å². The second kappa shape index (κ2) is 4.38. The SMILES string of the molecule is C#Cc1c(F)cccc1Cl.c1cc2cc-2c1. The van der Waals surface area contributed by atoms with Gasteiger partial charge in [0.25, 0.3) is 0 Å². The normalized spacial score (nSPS) is 9.81. The molecular formula is C14H8ClF. The molecule has 78 valence electrons. The van der Waals surface area contributed by atoms with Gasteiger partial charge in [-0.3, -0.25) is 0 Å². The number of rotatable bonds is 0. The van der Waals surface area contributed by atoms with E-state index in [4.69, 9.17) is 18.0 Å². The molecule has 0 radical (unpaired) electrons. The lowest BCUT2D eigenvalue weighted by Gasteiger charge is -1.94. The molecule has 0 fully saturated rings. The van der Waals surface area contributed by atoms with Crippen molar-refractivity contribution >= 4 is 11.6 Å². The number of hydrogen-bond donors (Lipinski definition) is 0. The minimum atomic E-state index is -0.449. The third kappa shape index (κ3) is 2.24. The summed E-state index contributed by atoms with van der Waals surface area (Å²) in [5, 5.41) is 0.280. The van der Waals surface area contributed by atoms with Crippen molar-refractivity contribution in [2.45, 2.75) is 0 Å². The van der Waals surface area contributed by atoms with Crippen molar-refractivity contribution in [3.63, 3.8) is 0 Å². The van der Waals surface area contributed by atoms with Crippen LogP contribution in [-0.2, 0) is 0 Å². The van der Waals surface area contributed by atoms with Crippen LogP contribution >= 0.6 is 11.6 Å². The zero-order valence-electron chi connectivity index (χ0n) is 8.37. The monoisotopic (exact) mass is 230 g/mol. The minimum Gasteiger partial charge on any atom is -0.206 e. The molecule has 0 nitrogen and oxygen atoms in total. The molecule has 0 amide bonds. The van der Waals surface area contributed by atoms with Gasteiger partial charge in [-0.15, -0.1) is 6.42 Å². The Labute approximate surface area is 98.7 Å². The summed E-state index contributed by atoms with van der Waals surface area (Å²) in [5.74, 6) is 1.71. The van der Waals surface area contributed by atoms with Gasteiger partial charge in [-0.25, -0.2) is 4.39 Å². The van der Waals surface area contributed by atoms with E-state index in [9.17, 15) is 4.39 Å². The zero-order valence-corrected chi connectivity index (χ0v) is 9.13. The molecule has 0 heterocycles. The maximum absolute atomic E-state index is 12.6. The first-order valence-electron chi connectivity index (χ1n) is 4.73. The zero-order chi connectivity index (χ0) is 11.5. The molecule has 0 spiro atoms. The Morgan fingerprint density at radius 1 is 1.06 bits per heavy atom. The molecular weight excluding hydrogens is 223 g/mol. The van der Waals surface area contributed by atoms with Gasteiger partial charge in [0.2, 0.25) is 0 Å². The predicted molar refractivity (Wildman–Crippen MR) is 64.8 cm³/mol. The fourth-order valence-electron chi connectivity index (χ4n) is 1.31. The highest BCUT2D eigenvalue weighted by atomic mass is 35.5. The van der Waals surface area contributed by atoms with Crippen molar-refractivity contribution in [3.8, 4) is 23.5 Å². The molecule has 0 saturated heterocycles. The van der Waals surface area contributed by atoms with Crippen LogP contribution in [0.1, 0.15) is 5.56 Å². The van der Waals surface area contributed by atoms with Crippen LogP contribution in [0.5, 0.6) is 0 Å². The lowest BCUT2D eigenvalue weighted by atomic mass is 10.2. The van der Waals surface area contributed by atoms with E-state index in [1.807, 2.05) is 0 Å². The lowest BCUT2D eigenvalue weighted by Crippen LogP contribution is -1.82. The van der Waals surface area contributed by atoms with Crippen LogP contribution < -0.4 is 0 Å². The average Bonchev–Trinajstić information content (AvgIpc) is 2.87. The van der Waals surface area contributed by atoms with Crippen LogP contribution in [0.2, 0.25) is 5.02 Å². The number of terminal acetylenes is 1. The molecule has 2 aliphatic carbocycles. The van der Waals surface area contributed by atoms with Gasteiger partial charge in [-0.1, -0.05) is 41.8 Å². The summed E-state index contributed by atoms with van der Waals surface area (Å²) >= 11 is 5.55. The Hall–Kier alpha value is -1.78. The second-order valence-corrected chi connectivity index (χ2v) is 3.73. The highest BCUT2D eigenvalue weighted by Gasteiger charge is 2.07. The van der Waals surface area contributed by atoms with Crippen molar-refractivity contribution in [3.05, 3.63) is 58.9 Å². The number of fused-ring (bicyclic) bond motifs is 1. The topological polar surface area (TPSA) is 0 Å². The highest BCUT2D eigenvalue weighted by Crippen LogP contribution is 2.32. The number of benzene rings is 2. The maximum atomic E-state index is 12.6. The predicted octanol–water partition coefficient (Wildman–Crippen LogP) is 4.13. The fourth-order valence-corrected chi connectivity index (χ4v) is 1.53. The van der Waals surface area contributed by atoms with Crippen molar-refractivity contribution < 1.29 is 4.39 Å². The molecule has 0 unspecified atom stereocenters. The Balaban J connectivity index is 0.000000134. The molecule has 2 aliphatic rings. The minimum absolute atomic E-state index is 0.129. The van der Waals surface area contributed by atoms with Crippen LogP contribution in [0.3, 0.4) is 0 Å². The third-order valence-corrected chi connectivity index (χ3v) is 2.53. The number of hydrogen-bond acceptors (Lipinski definition) is 0. The van der Waals surface area contributed by atoms with Crippen LogP contribution in [-0.4, -0.2) is 0 Å². The molecule has 2 heteroatoms. The number of halogens is 2. The van der Waals surface area contributed by atoms with Crippen LogP contribution in [0.25, 0.3) is 11.1 Å². The summed E-state index contributed by atoms with van der Waals surface area (Å²) in [4.78, 5) is 0. The van der Waals surface area contributed by atoms with E-state index in [2.05, 4.69) is 30.2 Å². The fraction of sp³-hybridized carbons (Fsp3) is 0. The first kappa shape index (κ1) is 10.7. The van der Waals surface area contributed by atoms with Gasteiger partial charge in [0.05, 0.1) is 10.6 Å². The summed E-state index contributed by atoms with van der Waals surface area (Å²) in [6.45, 7) is 0. The molecule has 0 aromatic heterocycles. The maximum Gasteiger partial charge on any atom is 0.140 e. The van der Waals surface area contributed by atoms with Gasteiger partial charge < -0.3 is 0 Å². The largest absolute Gasteiger partial charge is 0.206 e. The smallest absolute Gasteiger partial charge is 0.140 e. The summed E-state index contributed by atoms with van der Waals surface area (Å²) in [5.41, 5.74) is 2.98. The Kier molecular flexibility index (Phi) is 2.94. The molecule has 1 aromatic rings. The van der Waals surface area contributed by atoms with Gasteiger partial charge in [0, 0.05) is 0 Å². The van der Waals surface area contributed by atoms with E-state index in [-0.39, 0.29) is 10.6 Å². The van der Waals surface area contributed by atoms with Gasteiger partial charge in [-0.05, 0) is 29.3 Å². The van der Waals surface area contributed by atoms with Gasteiger partial charge in [0.1, 0.15) is 5.82 Å². The first-order valence-corrected chi connectivity index (χ1v) is 5.11. The Morgan fingerprint density at radius 3 is 2.00 bits per heavy atom. The Morgan fingerprint density at radius 2 is 1.69 bits per heavy atom. The molecule has 3 rings (SSSR count). The van der Waals surface area contributed by atoms with E-state index in [1.165, 1.54) is 23.3 Å². The van der Waals surface area contributed by atoms with Crippen molar-refractivity contribution in [2.75, 3.05) is 0 Å². The molecule has 0 aliphatic heterocycles.